The molecule has 0 bridgehead atoms. The summed E-state index contributed by atoms with van der Waals surface area (Å²) in [5.74, 6) is -0.428. The van der Waals surface area contributed by atoms with E-state index in [4.69, 9.17) is 0 Å². The molecule has 0 N–H and O–H groups in total. The van der Waals surface area contributed by atoms with Crippen LogP contribution in [0.4, 0.5) is 0 Å². The zero-order valence-corrected chi connectivity index (χ0v) is 10.7. The summed E-state index contributed by atoms with van der Waals surface area (Å²) in [6, 6.07) is 7.10. The number of esters is 1. The number of rotatable bonds is 2. The van der Waals surface area contributed by atoms with Crippen molar-refractivity contribution < 1.29 is 9.53 Å². The van der Waals surface area contributed by atoms with E-state index in [0.717, 1.165) is 22.0 Å². The van der Waals surface area contributed by atoms with Crippen LogP contribution in [0, 0.1) is 13.8 Å². The van der Waals surface area contributed by atoms with Gasteiger partial charge in [-0.25, -0.2) is 0 Å². The first-order valence-electron chi connectivity index (χ1n) is 5.71. The molecule has 94 valence electrons. The molecular formula is C14H15NO3. The number of pyridine rings is 1. The van der Waals surface area contributed by atoms with E-state index in [2.05, 4.69) is 4.74 Å². The lowest BCUT2D eigenvalue weighted by atomic mass is 10.0. The summed E-state index contributed by atoms with van der Waals surface area (Å²) < 4.78 is 6.05. The third-order valence-electron chi connectivity index (χ3n) is 3.23. The van der Waals surface area contributed by atoms with E-state index in [9.17, 15) is 9.59 Å². The van der Waals surface area contributed by atoms with E-state index >= 15 is 0 Å². The molecule has 2 rings (SSSR count). The molecule has 0 amide bonds. The van der Waals surface area contributed by atoms with Crippen molar-refractivity contribution in [1.29, 1.82) is 0 Å². The van der Waals surface area contributed by atoms with Gasteiger partial charge in [-0.05, 0) is 37.1 Å². The summed E-state index contributed by atoms with van der Waals surface area (Å²) in [6.07, 6.45) is 0. The largest absolute Gasteiger partial charge is 0.468 e. The van der Waals surface area contributed by atoms with E-state index < -0.39 is 5.97 Å². The molecule has 0 spiro atoms. The summed E-state index contributed by atoms with van der Waals surface area (Å²) in [5, 5.41) is 0.985. The maximum atomic E-state index is 11.8. The van der Waals surface area contributed by atoms with Gasteiger partial charge in [0.25, 0.3) is 5.56 Å². The number of aromatic nitrogens is 1. The van der Waals surface area contributed by atoms with Crippen molar-refractivity contribution >= 4 is 16.9 Å². The Hall–Kier alpha value is -2.10. The number of ether oxygens (including phenoxy) is 1. The number of carbonyl (C=O) groups excluding carboxylic acids is 1. The Kier molecular flexibility index (Phi) is 3.19. The molecule has 1 heterocycles. The number of fused-ring (bicyclic) bond motifs is 1. The van der Waals surface area contributed by atoms with Gasteiger partial charge in [0.05, 0.1) is 12.6 Å². The predicted molar refractivity (Wildman–Crippen MR) is 69.7 cm³/mol. The quantitative estimate of drug-likeness (QED) is 0.758. The number of hydrogen-bond donors (Lipinski definition) is 0. The monoisotopic (exact) mass is 245 g/mol. The maximum absolute atomic E-state index is 11.8. The number of hydrogen-bond acceptors (Lipinski definition) is 3. The highest BCUT2D eigenvalue weighted by Crippen LogP contribution is 2.19. The Morgan fingerprint density at radius 2 is 1.94 bits per heavy atom. The number of carbonyl (C=O) groups is 1. The highest BCUT2D eigenvalue weighted by molar-refractivity contribution is 5.84. The van der Waals surface area contributed by atoms with E-state index in [1.54, 1.807) is 6.07 Å². The molecular weight excluding hydrogens is 230 g/mol. The number of methoxy groups -OCH3 is 1. The third kappa shape index (κ3) is 2.01. The first-order valence-corrected chi connectivity index (χ1v) is 5.71. The Bertz CT molecular complexity index is 671. The van der Waals surface area contributed by atoms with Gasteiger partial charge in [0, 0.05) is 11.5 Å². The number of aryl methyl sites for hydroxylation is 2. The Labute approximate surface area is 105 Å². The molecule has 4 heteroatoms. The van der Waals surface area contributed by atoms with Crippen LogP contribution in [-0.4, -0.2) is 17.6 Å². The van der Waals surface area contributed by atoms with Crippen molar-refractivity contribution in [3.63, 3.8) is 0 Å². The highest BCUT2D eigenvalue weighted by atomic mass is 16.5. The smallest absolute Gasteiger partial charge is 0.325 e. The zero-order valence-electron chi connectivity index (χ0n) is 10.7. The topological polar surface area (TPSA) is 48.3 Å². The molecule has 1 aromatic carbocycles. The van der Waals surface area contributed by atoms with Crippen LogP contribution in [0.1, 0.15) is 11.1 Å². The van der Waals surface area contributed by atoms with Crippen LogP contribution in [0.3, 0.4) is 0 Å². The van der Waals surface area contributed by atoms with Crippen LogP contribution < -0.4 is 5.56 Å². The van der Waals surface area contributed by atoms with E-state index in [1.165, 1.54) is 17.7 Å². The molecule has 2 aromatic rings. The molecule has 0 fully saturated rings. The number of nitrogens with zero attached hydrogens (tertiary/aromatic N) is 1. The fourth-order valence-electron chi connectivity index (χ4n) is 1.99. The van der Waals surface area contributed by atoms with Gasteiger partial charge in [-0.15, -0.1) is 0 Å². The Balaban J connectivity index is 2.72. The standard InChI is InChI=1S/C14H15NO3/c1-9-4-6-12-11(10(9)2)5-7-13(16)15(12)8-14(17)18-3/h4-7H,8H2,1-3H3. The van der Waals surface area contributed by atoms with Gasteiger partial charge in [-0.2, -0.15) is 0 Å². The second-order valence-electron chi connectivity index (χ2n) is 4.27. The van der Waals surface area contributed by atoms with Gasteiger partial charge >= 0.3 is 5.97 Å². The van der Waals surface area contributed by atoms with E-state index in [0.29, 0.717) is 0 Å². The molecule has 0 unspecified atom stereocenters. The van der Waals surface area contributed by atoms with Crippen molar-refractivity contribution in [2.45, 2.75) is 20.4 Å². The molecule has 0 saturated carbocycles. The minimum Gasteiger partial charge on any atom is -0.468 e. The van der Waals surface area contributed by atoms with Crippen LogP contribution in [-0.2, 0) is 16.1 Å². The summed E-state index contributed by atoms with van der Waals surface area (Å²) in [7, 11) is 1.31. The van der Waals surface area contributed by atoms with Crippen LogP contribution in [0.5, 0.6) is 0 Å². The van der Waals surface area contributed by atoms with Crippen molar-refractivity contribution in [1.82, 2.24) is 4.57 Å². The summed E-state index contributed by atoms with van der Waals surface area (Å²) in [5.41, 5.74) is 2.84. The van der Waals surface area contributed by atoms with Crippen molar-refractivity contribution in [3.05, 3.63) is 45.7 Å². The van der Waals surface area contributed by atoms with Crippen LogP contribution >= 0.6 is 0 Å². The fraction of sp³-hybridized carbons (Fsp3) is 0.286. The molecule has 0 aliphatic rings. The van der Waals surface area contributed by atoms with E-state index in [-0.39, 0.29) is 12.1 Å². The lowest BCUT2D eigenvalue weighted by molar-refractivity contribution is -0.141. The van der Waals surface area contributed by atoms with Crippen LogP contribution in [0.2, 0.25) is 0 Å². The normalized spacial score (nSPS) is 10.6. The van der Waals surface area contributed by atoms with Crippen molar-refractivity contribution in [3.8, 4) is 0 Å². The molecule has 1 aromatic heterocycles. The summed E-state index contributed by atoms with van der Waals surface area (Å²) in [4.78, 5) is 23.2. The van der Waals surface area contributed by atoms with Gasteiger partial charge in [-0.3, -0.25) is 14.2 Å². The van der Waals surface area contributed by atoms with Crippen molar-refractivity contribution in [2.75, 3.05) is 7.11 Å². The SMILES string of the molecule is COC(=O)Cn1c(=O)ccc2c(C)c(C)ccc21. The van der Waals surface area contributed by atoms with Crippen LogP contribution in [0.15, 0.2) is 29.1 Å². The highest BCUT2D eigenvalue weighted by Gasteiger charge is 2.09. The molecule has 4 nitrogen and oxygen atoms in total. The lowest BCUT2D eigenvalue weighted by Gasteiger charge is -2.11. The van der Waals surface area contributed by atoms with Crippen LogP contribution in [0.25, 0.3) is 10.9 Å². The van der Waals surface area contributed by atoms with E-state index in [1.807, 2.05) is 26.0 Å². The summed E-state index contributed by atoms with van der Waals surface area (Å²) in [6.45, 7) is 3.96. The second-order valence-corrected chi connectivity index (χ2v) is 4.27. The van der Waals surface area contributed by atoms with Crippen molar-refractivity contribution in [2.24, 2.45) is 0 Å². The van der Waals surface area contributed by atoms with Gasteiger partial charge in [0.2, 0.25) is 0 Å². The first-order chi connectivity index (χ1) is 8.54. The van der Waals surface area contributed by atoms with Gasteiger partial charge in [0.1, 0.15) is 6.54 Å². The zero-order chi connectivity index (χ0) is 13.3. The summed E-state index contributed by atoms with van der Waals surface area (Å²) >= 11 is 0. The lowest BCUT2D eigenvalue weighted by Crippen LogP contribution is -2.24. The molecule has 0 aliphatic heterocycles. The maximum Gasteiger partial charge on any atom is 0.325 e. The molecule has 0 atom stereocenters. The fourth-order valence-corrected chi connectivity index (χ4v) is 1.99. The predicted octanol–water partition coefficient (Wildman–Crippen LogP) is 1.79. The molecule has 0 aliphatic carbocycles. The molecule has 0 saturated heterocycles. The minimum absolute atomic E-state index is 0.0603. The average molecular weight is 245 g/mol. The second kappa shape index (κ2) is 4.64. The average Bonchev–Trinajstić information content (AvgIpc) is 2.36. The number of benzene rings is 1. The Morgan fingerprint density at radius 3 is 2.61 bits per heavy atom. The van der Waals surface area contributed by atoms with Gasteiger partial charge < -0.3 is 4.74 Å². The first kappa shape index (κ1) is 12.4. The Morgan fingerprint density at radius 1 is 1.22 bits per heavy atom. The third-order valence-corrected chi connectivity index (χ3v) is 3.23. The minimum atomic E-state index is -0.428. The van der Waals surface area contributed by atoms with Gasteiger partial charge in [-0.1, -0.05) is 6.07 Å². The molecule has 18 heavy (non-hydrogen) atoms. The van der Waals surface area contributed by atoms with Gasteiger partial charge in [0.15, 0.2) is 0 Å². The molecule has 0 radical (unpaired) electrons.